The van der Waals surface area contributed by atoms with Crippen molar-refractivity contribution < 1.29 is 0 Å². The van der Waals surface area contributed by atoms with Crippen LogP contribution in [-0.2, 0) is 6.42 Å². The van der Waals surface area contributed by atoms with Crippen LogP contribution in [0.1, 0.15) is 12.5 Å². The van der Waals surface area contributed by atoms with E-state index in [2.05, 4.69) is 60.3 Å². The summed E-state index contributed by atoms with van der Waals surface area (Å²) in [7, 11) is 0. The Kier molecular flexibility index (Phi) is 2.86. The van der Waals surface area contributed by atoms with Crippen LogP contribution in [0.25, 0.3) is 10.1 Å². The van der Waals surface area contributed by atoms with Crippen molar-refractivity contribution in [2.24, 2.45) is 0 Å². The molecule has 0 aliphatic rings. The molecule has 0 saturated carbocycles. The van der Waals surface area contributed by atoms with Gasteiger partial charge in [-0.15, -0.1) is 24.0 Å². The first kappa shape index (κ1) is 9.80. The number of thiol groups is 1. The van der Waals surface area contributed by atoms with Crippen molar-refractivity contribution in [2.75, 3.05) is 0 Å². The molecule has 0 atom stereocenters. The topological polar surface area (TPSA) is 0 Å². The van der Waals surface area contributed by atoms with E-state index in [0.29, 0.717) is 0 Å². The van der Waals surface area contributed by atoms with Crippen molar-refractivity contribution in [3.05, 3.63) is 27.3 Å². The van der Waals surface area contributed by atoms with Gasteiger partial charge in [0.25, 0.3) is 0 Å². The van der Waals surface area contributed by atoms with Gasteiger partial charge in [0.1, 0.15) is 0 Å². The Labute approximate surface area is 101 Å². The minimum absolute atomic E-state index is 1.10. The molecule has 3 heteroatoms. The molecule has 0 nitrogen and oxygen atoms in total. The van der Waals surface area contributed by atoms with E-state index in [1.54, 1.807) is 11.3 Å². The van der Waals surface area contributed by atoms with Crippen LogP contribution < -0.4 is 0 Å². The third kappa shape index (κ3) is 1.74. The van der Waals surface area contributed by atoms with Crippen molar-refractivity contribution in [2.45, 2.75) is 17.6 Å². The lowest BCUT2D eigenvalue weighted by atomic mass is 10.1. The summed E-state index contributed by atoms with van der Waals surface area (Å²) in [6.45, 7) is 2.18. The van der Waals surface area contributed by atoms with Gasteiger partial charge in [0.05, 0.1) is 4.21 Å². The maximum Gasteiger partial charge on any atom is 0.0714 e. The van der Waals surface area contributed by atoms with Crippen molar-refractivity contribution in [3.8, 4) is 0 Å². The summed E-state index contributed by atoms with van der Waals surface area (Å²) in [6.07, 6.45) is 1.10. The zero-order valence-corrected chi connectivity index (χ0v) is 11.0. The lowest BCUT2D eigenvalue weighted by Gasteiger charge is -1.95. The molecule has 1 aromatic heterocycles. The SMILES string of the molecule is CCc1ccc2c(I)c(S)sc2c1. The molecule has 1 aromatic carbocycles. The summed E-state index contributed by atoms with van der Waals surface area (Å²) in [4.78, 5) is 0. The van der Waals surface area contributed by atoms with E-state index < -0.39 is 0 Å². The highest BCUT2D eigenvalue weighted by Gasteiger charge is 2.06. The molecule has 2 rings (SSSR count). The van der Waals surface area contributed by atoms with E-state index in [0.717, 1.165) is 10.6 Å². The van der Waals surface area contributed by atoms with Gasteiger partial charge in [-0.25, -0.2) is 0 Å². The first-order chi connectivity index (χ1) is 6.22. The number of halogens is 1. The number of rotatable bonds is 1. The van der Waals surface area contributed by atoms with Crippen LogP contribution in [0.3, 0.4) is 0 Å². The third-order valence-corrected chi connectivity index (χ3v) is 5.45. The highest BCUT2D eigenvalue weighted by atomic mass is 127. The summed E-state index contributed by atoms with van der Waals surface area (Å²) in [5.41, 5.74) is 1.40. The predicted octanol–water partition coefficient (Wildman–Crippen LogP) is 4.36. The molecular formula is C10H9IS2. The molecular weight excluding hydrogens is 311 g/mol. The Balaban J connectivity index is 2.73. The molecule has 0 spiro atoms. The third-order valence-electron chi connectivity index (χ3n) is 2.09. The summed E-state index contributed by atoms with van der Waals surface area (Å²) in [5, 5.41) is 1.34. The van der Waals surface area contributed by atoms with Crippen molar-refractivity contribution in [1.29, 1.82) is 0 Å². The second-order valence-corrected chi connectivity index (χ2v) is 5.79. The van der Waals surface area contributed by atoms with Crippen LogP contribution >= 0.6 is 46.6 Å². The van der Waals surface area contributed by atoms with Crippen LogP contribution in [0.2, 0.25) is 0 Å². The van der Waals surface area contributed by atoms with Crippen LogP contribution in [0.5, 0.6) is 0 Å². The smallest absolute Gasteiger partial charge is 0.0714 e. The van der Waals surface area contributed by atoms with E-state index in [9.17, 15) is 0 Å². The van der Waals surface area contributed by atoms with Gasteiger partial charge >= 0.3 is 0 Å². The van der Waals surface area contributed by atoms with Gasteiger partial charge in [0.2, 0.25) is 0 Å². The zero-order valence-electron chi connectivity index (χ0n) is 7.17. The number of thiophene rings is 1. The second kappa shape index (κ2) is 3.79. The first-order valence-corrected chi connectivity index (χ1v) is 6.46. The van der Waals surface area contributed by atoms with Crippen molar-refractivity contribution in [3.63, 3.8) is 0 Å². The molecule has 0 aliphatic carbocycles. The van der Waals surface area contributed by atoms with Gasteiger partial charge in [-0.3, -0.25) is 0 Å². The van der Waals surface area contributed by atoms with Gasteiger partial charge in [-0.05, 0) is 40.6 Å². The van der Waals surface area contributed by atoms with E-state index in [4.69, 9.17) is 0 Å². The summed E-state index contributed by atoms with van der Waals surface area (Å²) in [6, 6.07) is 6.67. The molecule has 13 heavy (non-hydrogen) atoms. The standard InChI is InChI=1S/C10H9IS2/c1-2-6-3-4-7-8(5-6)13-10(12)9(7)11/h3-5,12H,2H2,1H3. The summed E-state index contributed by atoms with van der Waals surface area (Å²) >= 11 is 8.55. The van der Waals surface area contributed by atoms with Crippen LogP contribution in [-0.4, -0.2) is 0 Å². The maximum absolute atomic E-state index is 4.43. The van der Waals surface area contributed by atoms with E-state index in [1.165, 1.54) is 19.2 Å². The molecule has 0 unspecified atom stereocenters. The van der Waals surface area contributed by atoms with Crippen LogP contribution in [0.15, 0.2) is 22.4 Å². The molecule has 0 aliphatic heterocycles. The Hall–Kier alpha value is 0.260. The zero-order chi connectivity index (χ0) is 9.42. The predicted molar refractivity (Wildman–Crippen MR) is 71.2 cm³/mol. The van der Waals surface area contributed by atoms with E-state index in [1.807, 2.05) is 0 Å². The minimum Gasteiger partial charge on any atom is -0.132 e. The van der Waals surface area contributed by atoms with Gasteiger partial charge in [0, 0.05) is 13.7 Å². The summed E-state index contributed by atoms with van der Waals surface area (Å²) in [5.74, 6) is 0. The molecule has 0 saturated heterocycles. The number of hydrogen-bond acceptors (Lipinski definition) is 2. The molecule has 0 fully saturated rings. The van der Waals surface area contributed by atoms with E-state index >= 15 is 0 Å². The average Bonchev–Trinajstić information content (AvgIpc) is 2.42. The Morgan fingerprint density at radius 3 is 2.92 bits per heavy atom. The Morgan fingerprint density at radius 2 is 2.23 bits per heavy atom. The molecule has 0 N–H and O–H groups in total. The Morgan fingerprint density at radius 1 is 1.46 bits per heavy atom. The molecule has 68 valence electrons. The molecule has 0 radical (unpaired) electrons. The fourth-order valence-electron chi connectivity index (χ4n) is 1.32. The molecule has 2 aromatic rings. The van der Waals surface area contributed by atoms with Gasteiger partial charge in [0.15, 0.2) is 0 Å². The lowest BCUT2D eigenvalue weighted by Crippen LogP contribution is -1.77. The van der Waals surface area contributed by atoms with Crippen molar-refractivity contribution >= 4 is 56.6 Å². The van der Waals surface area contributed by atoms with Crippen molar-refractivity contribution in [1.82, 2.24) is 0 Å². The van der Waals surface area contributed by atoms with Gasteiger partial charge in [-0.1, -0.05) is 19.1 Å². The quantitative estimate of drug-likeness (QED) is 0.586. The van der Waals surface area contributed by atoms with E-state index in [-0.39, 0.29) is 0 Å². The highest BCUT2D eigenvalue weighted by molar-refractivity contribution is 14.1. The average molecular weight is 320 g/mol. The maximum atomic E-state index is 4.43. The minimum atomic E-state index is 1.10. The number of hydrogen-bond donors (Lipinski definition) is 1. The summed E-state index contributed by atoms with van der Waals surface area (Å²) < 4.78 is 3.76. The van der Waals surface area contributed by atoms with Crippen LogP contribution in [0.4, 0.5) is 0 Å². The molecule has 0 bridgehead atoms. The largest absolute Gasteiger partial charge is 0.132 e. The number of fused-ring (bicyclic) bond motifs is 1. The number of benzene rings is 1. The van der Waals surface area contributed by atoms with Crippen LogP contribution in [0, 0.1) is 3.57 Å². The molecule has 0 amide bonds. The highest BCUT2D eigenvalue weighted by Crippen LogP contribution is 2.35. The monoisotopic (exact) mass is 320 g/mol. The first-order valence-electron chi connectivity index (χ1n) is 4.12. The van der Waals surface area contributed by atoms with Gasteiger partial charge in [-0.2, -0.15) is 0 Å². The fraction of sp³-hybridized carbons (Fsp3) is 0.200. The van der Waals surface area contributed by atoms with Gasteiger partial charge < -0.3 is 0 Å². The number of aryl methyl sites for hydroxylation is 1. The lowest BCUT2D eigenvalue weighted by molar-refractivity contribution is 1.15. The Bertz CT molecular complexity index is 445. The second-order valence-electron chi connectivity index (χ2n) is 2.91. The fourth-order valence-corrected chi connectivity index (χ4v) is 3.61. The normalized spacial score (nSPS) is 11.0. The molecule has 1 heterocycles.